The van der Waals surface area contributed by atoms with Gasteiger partial charge in [-0.05, 0) is 35.6 Å². The van der Waals surface area contributed by atoms with Crippen molar-refractivity contribution >= 4 is 37.9 Å². The molecule has 0 amide bonds. The van der Waals surface area contributed by atoms with Crippen molar-refractivity contribution < 1.29 is 4.79 Å². The minimum atomic E-state index is 0.145. The van der Waals surface area contributed by atoms with E-state index in [0.29, 0.717) is 0 Å². The first kappa shape index (κ1) is 12.6. The van der Waals surface area contributed by atoms with Gasteiger partial charge in [0.1, 0.15) is 0 Å². The normalized spacial score (nSPS) is 11.0. The molecule has 0 unspecified atom stereocenters. The quantitative estimate of drug-likeness (QED) is 0.606. The van der Waals surface area contributed by atoms with Crippen LogP contribution in [0.3, 0.4) is 0 Å². The minimum Gasteiger partial charge on any atom is -0.288 e. The molecule has 0 aliphatic rings. The van der Waals surface area contributed by atoms with Crippen molar-refractivity contribution in [2.24, 2.45) is 0 Å². The molecule has 0 atom stereocenters. The van der Waals surface area contributed by atoms with E-state index in [9.17, 15) is 4.79 Å². The van der Waals surface area contributed by atoms with Crippen LogP contribution >= 0.6 is 22.7 Å². The summed E-state index contributed by atoms with van der Waals surface area (Å²) in [5.41, 5.74) is 2.05. The number of thiophene rings is 2. The van der Waals surface area contributed by atoms with Gasteiger partial charge in [0.25, 0.3) is 0 Å². The van der Waals surface area contributed by atoms with Gasteiger partial charge in [0.05, 0.1) is 4.88 Å². The zero-order valence-electron chi connectivity index (χ0n) is 10.7. The number of carbonyl (C=O) groups excluding carboxylic acids is 1. The lowest BCUT2D eigenvalue weighted by Crippen LogP contribution is -1.99. The molecule has 2 aromatic heterocycles. The third kappa shape index (κ3) is 2.48. The molecule has 0 saturated heterocycles. The maximum atomic E-state index is 12.5. The number of rotatable bonds is 4. The Hall–Kier alpha value is -1.45. The first-order valence-electron chi connectivity index (χ1n) is 6.38. The van der Waals surface area contributed by atoms with E-state index in [2.05, 4.69) is 24.4 Å². The number of aryl methyl sites for hydroxylation is 1. The molecule has 0 aliphatic heterocycles. The zero-order valence-corrected chi connectivity index (χ0v) is 12.3. The van der Waals surface area contributed by atoms with E-state index in [1.165, 1.54) is 15.0 Å². The summed E-state index contributed by atoms with van der Waals surface area (Å²) < 4.78 is 2.41. The largest absolute Gasteiger partial charge is 0.288 e. The fraction of sp³-hybridized carbons (Fsp3) is 0.188. The van der Waals surface area contributed by atoms with Gasteiger partial charge in [0.2, 0.25) is 5.78 Å². The molecule has 0 spiro atoms. The Morgan fingerprint density at radius 2 is 2.05 bits per heavy atom. The van der Waals surface area contributed by atoms with Gasteiger partial charge in [-0.15, -0.1) is 22.7 Å². The molecule has 96 valence electrons. The fourth-order valence-corrected chi connectivity index (χ4v) is 4.25. The molecule has 1 aromatic carbocycles. The second-order valence-electron chi connectivity index (χ2n) is 4.54. The highest BCUT2D eigenvalue weighted by Gasteiger charge is 2.13. The van der Waals surface area contributed by atoms with E-state index in [-0.39, 0.29) is 5.78 Å². The standard InChI is InChI=1S/C16H14OS2/c1-2-4-11-5-3-6-12(9-11)16(17)15-10-14-13(19-15)7-8-18-14/h3,5-10H,2,4H2,1H3. The van der Waals surface area contributed by atoms with E-state index in [0.717, 1.165) is 23.3 Å². The van der Waals surface area contributed by atoms with Crippen LogP contribution in [0, 0.1) is 0 Å². The fourth-order valence-electron chi connectivity index (χ4n) is 2.18. The van der Waals surface area contributed by atoms with E-state index in [1.54, 1.807) is 22.7 Å². The van der Waals surface area contributed by atoms with Crippen LogP contribution in [0.15, 0.2) is 41.8 Å². The van der Waals surface area contributed by atoms with Crippen molar-refractivity contribution in [2.75, 3.05) is 0 Å². The van der Waals surface area contributed by atoms with Crippen LogP contribution in [-0.2, 0) is 6.42 Å². The summed E-state index contributed by atoms with van der Waals surface area (Å²) in [6, 6.07) is 12.1. The molecular weight excluding hydrogens is 272 g/mol. The van der Waals surface area contributed by atoms with Crippen LogP contribution in [0.4, 0.5) is 0 Å². The molecular formula is C16H14OS2. The average Bonchev–Trinajstić information content (AvgIpc) is 2.99. The van der Waals surface area contributed by atoms with Crippen molar-refractivity contribution in [1.29, 1.82) is 0 Å². The van der Waals surface area contributed by atoms with Crippen LogP contribution in [0.1, 0.15) is 34.1 Å². The highest BCUT2D eigenvalue weighted by molar-refractivity contribution is 7.28. The third-order valence-corrected chi connectivity index (χ3v) is 5.18. The molecule has 0 radical (unpaired) electrons. The van der Waals surface area contributed by atoms with Crippen LogP contribution in [0.2, 0.25) is 0 Å². The highest BCUT2D eigenvalue weighted by atomic mass is 32.1. The second kappa shape index (κ2) is 5.27. The smallest absolute Gasteiger partial charge is 0.203 e. The lowest BCUT2D eigenvalue weighted by Gasteiger charge is -2.02. The molecule has 0 saturated carbocycles. The lowest BCUT2D eigenvalue weighted by molar-refractivity contribution is 0.104. The molecule has 2 heterocycles. The molecule has 0 N–H and O–H groups in total. The van der Waals surface area contributed by atoms with Crippen LogP contribution in [-0.4, -0.2) is 5.78 Å². The molecule has 1 nitrogen and oxygen atoms in total. The SMILES string of the molecule is CCCc1cccc(C(=O)c2cc3sccc3s2)c1. The van der Waals surface area contributed by atoms with Crippen molar-refractivity contribution in [3.8, 4) is 0 Å². The van der Waals surface area contributed by atoms with Gasteiger partial charge >= 0.3 is 0 Å². The van der Waals surface area contributed by atoms with Gasteiger partial charge in [-0.2, -0.15) is 0 Å². The molecule has 19 heavy (non-hydrogen) atoms. The van der Waals surface area contributed by atoms with Crippen LogP contribution in [0.25, 0.3) is 9.40 Å². The van der Waals surface area contributed by atoms with Crippen molar-refractivity contribution in [1.82, 2.24) is 0 Å². The Kier molecular flexibility index (Phi) is 3.49. The first-order chi connectivity index (χ1) is 9.28. The molecule has 0 bridgehead atoms. The Morgan fingerprint density at radius 3 is 2.84 bits per heavy atom. The van der Waals surface area contributed by atoms with E-state index in [1.807, 2.05) is 24.3 Å². The Labute approximate surface area is 120 Å². The molecule has 3 heteroatoms. The van der Waals surface area contributed by atoms with Crippen LogP contribution in [0.5, 0.6) is 0 Å². The zero-order chi connectivity index (χ0) is 13.2. The predicted octanol–water partition coefficient (Wildman–Crippen LogP) is 5.15. The number of carbonyl (C=O) groups is 1. The van der Waals surface area contributed by atoms with E-state index < -0.39 is 0 Å². The van der Waals surface area contributed by atoms with Gasteiger partial charge in [-0.25, -0.2) is 0 Å². The van der Waals surface area contributed by atoms with Crippen molar-refractivity contribution in [2.45, 2.75) is 19.8 Å². The van der Waals surface area contributed by atoms with Gasteiger partial charge in [0, 0.05) is 15.0 Å². The predicted molar refractivity (Wildman–Crippen MR) is 83.6 cm³/mol. The van der Waals surface area contributed by atoms with E-state index in [4.69, 9.17) is 0 Å². The summed E-state index contributed by atoms with van der Waals surface area (Å²) in [4.78, 5) is 13.3. The number of benzene rings is 1. The third-order valence-electron chi connectivity index (χ3n) is 3.09. The van der Waals surface area contributed by atoms with Gasteiger partial charge in [0.15, 0.2) is 0 Å². The maximum absolute atomic E-state index is 12.5. The maximum Gasteiger partial charge on any atom is 0.203 e. The Balaban J connectivity index is 1.94. The number of hydrogen-bond donors (Lipinski definition) is 0. The number of ketones is 1. The second-order valence-corrected chi connectivity index (χ2v) is 6.57. The molecule has 0 aliphatic carbocycles. The van der Waals surface area contributed by atoms with Crippen LogP contribution < -0.4 is 0 Å². The number of fused-ring (bicyclic) bond motifs is 1. The lowest BCUT2D eigenvalue weighted by atomic mass is 10.0. The topological polar surface area (TPSA) is 17.1 Å². The summed E-state index contributed by atoms with van der Waals surface area (Å²) in [6.07, 6.45) is 2.13. The Bertz CT molecular complexity index is 693. The summed E-state index contributed by atoms with van der Waals surface area (Å²) in [7, 11) is 0. The summed E-state index contributed by atoms with van der Waals surface area (Å²) in [5.74, 6) is 0.145. The Morgan fingerprint density at radius 1 is 1.16 bits per heavy atom. The van der Waals surface area contributed by atoms with Gasteiger partial charge in [-0.3, -0.25) is 4.79 Å². The summed E-state index contributed by atoms with van der Waals surface area (Å²) >= 11 is 3.28. The minimum absolute atomic E-state index is 0.145. The first-order valence-corrected chi connectivity index (χ1v) is 8.08. The summed E-state index contributed by atoms with van der Waals surface area (Å²) in [5, 5.41) is 2.07. The van der Waals surface area contributed by atoms with Crippen molar-refractivity contribution in [3.05, 3.63) is 57.8 Å². The summed E-state index contributed by atoms with van der Waals surface area (Å²) in [6.45, 7) is 2.15. The number of hydrogen-bond acceptors (Lipinski definition) is 3. The molecule has 0 fully saturated rings. The monoisotopic (exact) mass is 286 g/mol. The molecule has 3 rings (SSSR count). The van der Waals surface area contributed by atoms with Gasteiger partial charge < -0.3 is 0 Å². The molecule has 3 aromatic rings. The van der Waals surface area contributed by atoms with Gasteiger partial charge in [-0.1, -0.05) is 31.5 Å². The highest BCUT2D eigenvalue weighted by Crippen LogP contribution is 2.31. The van der Waals surface area contributed by atoms with E-state index >= 15 is 0 Å². The van der Waals surface area contributed by atoms with Crippen molar-refractivity contribution in [3.63, 3.8) is 0 Å². The average molecular weight is 286 g/mol.